The zero-order valence-corrected chi connectivity index (χ0v) is 13.9. The van der Waals surface area contributed by atoms with Crippen LogP contribution in [-0.2, 0) is 22.4 Å². The second kappa shape index (κ2) is 7.30. The van der Waals surface area contributed by atoms with E-state index >= 15 is 0 Å². The van der Waals surface area contributed by atoms with Gasteiger partial charge in [-0.25, -0.2) is 0 Å². The smallest absolute Gasteiger partial charge is 0.252 e. The van der Waals surface area contributed by atoms with Gasteiger partial charge in [0.05, 0.1) is 6.42 Å². The number of nitrogens with one attached hydrogen (secondary N) is 1. The minimum Gasteiger partial charge on any atom is -0.373 e. The first-order valence-electron chi connectivity index (χ1n) is 8.41. The average molecular weight is 322 g/mol. The normalized spacial score (nSPS) is 17.4. The Hall–Kier alpha value is -2.62. The molecule has 0 saturated carbocycles. The number of carbonyl (C=O) groups excluding carboxylic acids is 2. The third kappa shape index (κ3) is 3.65. The van der Waals surface area contributed by atoms with Crippen molar-refractivity contribution in [3.63, 3.8) is 0 Å². The number of carbonyl (C=O) groups is 2. The highest BCUT2D eigenvalue weighted by Crippen LogP contribution is 2.19. The molecule has 1 saturated heterocycles. The molecule has 124 valence electrons. The number of rotatable bonds is 6. The summed E-state index contributed by atoms with van der Waals surface area (Å²) in [6, 6.07) is 17.5. The van der Waals surface area contributed by atoms with Gasteiger partial charge in [0.25, 0.3) is 5.91 Å². The van der Waals surface area contributed by atoms with Gasteiger partial charge in [0.2, 0.25) is 5.91 Å². The summed E-state index contributed by atoms with van der Waals surface area (Å²) < 4.78 is 0. The van der Waals surface area contributed by atoms with Gasteiger partial charge in [-0.2, -0.15) is 0 Å². The second-order valence-electron chi connectivity index (χ2n) is 6.07. The van der Waals surface area contributed by atoms with Gasteiger partial charge in [-0.1, -0.05) is 49.4 Å². The van der Waals surface area contributed by atoms with Crippen molar-refractivity contribution < 1.29 is 9.59 Å². The Kier molecular flexibility index (Phi) is 4.94. The molecule has 4 heteroatoms. The molecule has 2 amide bonds. The summed E-state index contributed by atoms with van der Waals surface area (Å²) in [5, 5.41) is 3.19. The molecular weight excluding hydrogens is 300 g/mol. The van der Waals surface area contributed by atoms with Crippen LogP contribution in [0.3, 0.4) is 0 Å². The van der Waals surface area contributed by atoms with Gasteiger partial charge >= 0.3 is 0 Å². The van der Waals surface area contributed by atoms with E-state index in [-0.39, 0.29) is 18.2 Å². The van der Waals surface area contributed by atoms with Crippen LogP contribution in [0.5, 0.6) is 0 Å². The number of anilines is 1. The van der Waals surface area contributed by atoms with Crippen LogP contribution in [0.25, 0.3) is 0 Å². The van der Waals surface area contributed by atoms with Crippen LogP contribution in [0, 0.1) is 0 Å². The molecule has 1 atom stereocenters. The molecule has 1 N–H and O–H groups in total. The quantitative estimate of drug-likeness (QED) is 0.832. The Morgan fingerprint density at radius 1 is 1.00 bits per heavy atom. The zero-order chi connectivity index (χ0) is 16.9. The molecular formula is C20H22N2O2. The van der Waals surface area contributed by atoms with Gasteiger partial charge in [0.15, 0.2) is 0 Å². The molecule has 4 nitrogen and oxygen atoms in total. The highest BCUT2D eigenvalue weighted by molar-refractivity contribution is 6.06. The number of nitrogens with zero attached hydrogens (tertiary/aromatic N) is 1. The lowest BCUT2D eigenvalue weighted by Crippen LogP contribution is -2.36. The molecule has 0 bridgehead atoms. The summed E-state index contributed by atoms with van der Waals surface area (Å²) in [7, 11) is 0. The van der Waals surface area contributed by atoms with Gasteiger partial charge in [0.1, 0.15) is 6.04 Å². The number of likely N-dealkylation sites (tertiary alicyclic amines) is 1. The number of hydrogen-bond donors (Lipinski definition) is 1. The van der Waals surface area contributed by atoms with Crippen molar-refractivity contribution in [2.45, 2.75) is 32.2 Å². The van der Waals surface area contributed by atoms with Crippen molar-refractivity contribution in [2.75, 3.05) is 11.9 Å². The van der Waals surface area contributed by atoms with Gasteiger partial charge in [-0.3, -0.25) is 14.5 Å². The molecule has 1 aliphatic rings. The molecule has 1 heterocycles. The lowest BCUT2D eigenvalue weighted by molar-refractivity contribution is -0.138. The maximum absolute atomic E-state index is 12.5. The van der Waals surface area contributed by atoms with Crippen LogP contribution in [0.4, 0.5) is 5.69 Å². The standard InChI is InChI=1S/C20H22N2O2/c1-2-15-8-10-17(11-9-15)21-18-14-19(23)22(20(18)24)13-12-16-6-4-3-5-7-16/h3-11,18,21H,2,12-14H2,1H3/t18-/m1/s1. The van der Waals surface area contributed by atoms with E-state index in [1.54, 1.807) is 0 Å². The maximum atomic E-state index is 12.5. The third-order valence-corrected chi connectivity index (χ3v) is 4.41. The Morgan fingerprint density at radius 2 is 1.71 bits per heavy atom. The fraction of sp³-hybridized carbons (Fsp3) is 0.300. The van der Waals surface area contributed by atoms with Crippen LogP contribution in [0.1, 0.15) is 24.5 Å². The van der Waals surface area contributed by atoms with E-state index in [1.165, 1.54) is 10.5 Å². The molecule has 3 rings (SSSR count). The first kappa shape index (κ1) is 16.2. The second-order valence-corrected chi connectivity index (χ2v) is 6.07. The maximum Gasteiger partial charge on any atom is 0.252 e. The summed E-state index contributed by atoms with van der Waals surface area (Å²) >= 11 is 0. The molecule has 1 aliphatic heterocycles. The molecule has 0 aromatic heterocycles. The van der Waals surface area contributed by atoms with E-state index in [9.17, 15) is 9.59 Å². The van der Waals surface area contributed by atoms with Crippen molar-refractivity contribution in [2.24, 2.45) is 0 Å². The van der Waals surface area contributed by atoms with Gasteiger partial charge < -0.3 is 5.32 Å². The SMILES string of the molecule is CCc1ccc(N[C@@H]2CC(=O)N(CCc3ccccc3)C2=O)cc1. The molecule has 2 aromatic carbocycles. The van der Waals surface area contributed by atoms with E-state index in [0.717, 1.165) is 17.7 Å². The predicted molar refractivity (Wildman–Crippen MR) is 94.7 cm³/mol. The minimum absolute atomic E-state index is 0.0985. The van der Waals surface area contributed by atoms with Crippen LogP contribution < -0.4 is 5.32 Å². The topological polar surface area (TPSA) is 49.4 Å². The minimum atomic E-state index is -0.458. The largest absolute Gasteiger partial charge is 0.373 e. The van der Waals surface area contributed by atoms with E-state index in [0.29, 0.717) is 13.0 Å². The monoisotopic (exact) mass is 322 g/mol. The molecule has 0 aliphatic carbocycles. The van der Waals surface area contributed by atoms with Gasteiger partial charge in [-0.05, 0) is 36.1 Å². The number of hydrogen-bond acceptors (Lipinski definition) is 3. The molecule has 0 radical (unpaired) electrons. The first-order valence-corrected chi connectivity index (χ1v) is 8.41. The average Bonchev–Trinajstić information content (AvgIpc) is 2.88. The third-order valence-electron chi connectivity index (χ3n) is 4.41. The van der Waals surface area contributed by atoms with Crippen LogP contribution in [0.2, 0.25) is 0 Å². The summed E-state index contributed by atoms with van der Waals surface area (Å²) in [5.74, 6) is -0.228. The van der Waals surface area contributed by atoms with E-state index < -0.39 is 6.04 Å². The first-order chi connectivity index (χ1) is 11.7. The number of benzene rings is 2. The van der Waals surface area contributed by atoms with Gasteiger partial charge in [-0.15, -0.1) is 0 Å². The number of amides is 2. The molecule has 0 spiro atoms. The van der Waals surface area contributed by atoms with E-state index in [2.05, 4.69) is 12.2 Å². The highest BCUT2D eigenvalue weighted by atomic mass is 16.2. The summed E-state index contributed by atoms with van der Waals surface area (Å²) in [4.78, 5) is 26.1. The molecule has 24 heavy (non-hydrogen) atoms. The van der Waals surface area contributed by atoms with Crippen LogP contribution in [-0.4, -0.2) is 29.3 Å². The van der Waals surface area contributed by atoms with Crippen molar-refractivity contribution in [3.05, 3.63) is 65.7 Å². The van der Waals surface area contributed by atoms with Crippen molar-refractivity contribution >= 4 is 17.5 Å². The number of aryl methyl sites for hydroxylation is 1. The Labute approximate surface area is 142 Å². The lowest BCUT2D eigenvalue weighted by Gasteiger charge is -2.16. The molecule has 1 fully saturated rings. The Bertz CT molecular complexity index is 710. The van der Waals surface area contributed by atoms with Crippen molar-refractivity contribution in [3.8, 4) is 0 Å². The van der Waals surface area contributed by atoms with Gasteiger partial charge in [0, 0.05) is 12.2 Å². The summed E-state index contributed by atoms with van der Waals surface area (Å²) in [5.41, 5.74) is 3.26. The van der Waals surface area contributed by atoms with Crippen LogP contribution in [0.15, 0.2) is 54.6 Å². The summed E-state index contributed by atoms with van der Waals surface area (Å²) in [6.45, 7) is 2.54. The van der Waals surface area contributed by atoms with Crippen molar-refractivity contribution in [1.29, 1.82) is 0 Å². The fourth-order valence-electron chi connectivity index (χ4n) is 2.95. The predicted octanol–water partition coefficient (Wildman–Crippen LogP) is 3.03. The van der Waals surface area contributed by atoms with E-state index in [1.807, 2.05) is 54.6 Å². The molecule has 0 unspecified atom stereocenters. The lowest BCUT2D eigenvalue weighted by atomic mass is 10.1. The van der Waals surface area contributed by atoms with E-state index in [4.69, 9.17) is 0 Å². The summed E-state index contributed by atoms with van der Waals surface area (Å²) in [6.07, 6.45) is 1.90. The van der Waals surface area contributed by atoms with Crippen molar-refractivity contribution in [1.82, 2.24) is 4.90 Å². The Morgan fingerprint density at radius 3 is 2.38 bits per heavy atom. The Balaban J connectivity index is 1.60. The van der Waals surface area contributed by atoms with Crippen LogP contribution >= 0.6 is 0 Å². The number of imide groups is 1. The molecule has 2 aromatic rings. The zero-order valence-electron chi connectivity index (χ0n) is 13.9. The highest BCUT2D eigenvalue weighted by Gasteiger charge is 2.38. The fourth-order valence-corrected chi connectivity index (χ4v) is 2.95.